The van der Waals surface area contributed by atoms with E-state index in [0.29, 0.717) is 18.0 Å². The second-order valence-electron chi connectivity index (χ2n) is 4.95. The standard InChI is InChI=1S/C16H13ClN2O/c1-10-2-3-14-12(6-10)7-13(20)9-15(19-14)11-4-5-18-16(17)8-11/h2-6,8H,7,9H2,1H3. The molecule has 2 aromatic rings. The van der Waals surface area contributed by atoms with Crippen LogP contribution in [0.1, 0.15) is 23.1 Å². The highest BCUT2D eigenvalue weighted by atomic mass is 35.5. The number of pyridine rings is 1. The van der Waals surface area contributed by atoms with Gasteiger partial charge in [-0.2, -0.15) is 0 Å². The molecule has 4 heteroatoms. The largest absolute Gasteiger partial charge is 0.299 e. The highest BCUT2D eigenvalue weighted by Crippen LogP contribution is 2.27. The summed E-state index contributed by atoms with van der Waals surface area (Å²) in [6, 6.07) is 9.57. The molecule has 0 saturated carbocycles. The van der Waals surface area contributed by atoms with Crippen molar-refractivity contribution in [1.29, 1.82) is 0 Å². The van der Waals surface area contributed by atoms with E-state index in [2.05, 4.69) is 9.98 Å². The maximum absolute atomic E-state index is 12.1. The number of Topliss-reactive ketones (excluding diaryl/α,β-unsaturated/α-hetero) is 1. The maximum Gasteiger partial charge on any atom is 0.143 e. The molecule has 3 nitrogen and oxygen atoms in total. The first-order chi connectivity index (χ1) is 9.61. The Kier molecular flexibility index (Phi) is 3.36. The number of carbonyl (C=O) groups excluding carboxylic acids is 1. The summed E-state index contributed by atoms with van der Waals surface area (Å²) >= 11 is 5.91. The Labute approximate surface area is 122 Å². The van der Waals surface area contributed by atoms with Gasteiger partial charge in [0.05, 0.1) is 11.4 Å². The molecule has 1 aromatic heterocycles. The third-order valence-corrected chi connectivity index (χ3v) is 3.51. The van der Waals surface area contributed by atoms with Crippen LogP contribution in [0.25, 0.3) is 0 Å². The molecule has 3 rings (SSSR count). The average molecular weight is 285 g/mol. The van der Waals surface area contributed by atoms with E-state index in [0.717, 1.165) is 28.1 Å². The molecule has 0 N–H and O–H groups in total. The molecular weight excluding hydrogens is 272 g/mol. The topological polar surface area (TPSA) is 42.3 Å². The van der Waals surface area contributed by atoms with Gasteiger partial charge in [-0.05, 0) is 30.7 Å². The minimum Gasteiger partial charge on any atom is -0.299 e. The van der Waals surface area contributed by atoms with Gasteiger partial charge in [0, 0.05) is 24.6 Å². The van der Waals surface area contributed by atoms with Crippen LogP contribution >= 0.6 is 11.6 Å². The zero-order valence-electron chi connectivity index (χ0n) is 11.1. The summed E-state index contributed by atoms with van der Waals surface area (Å²) in [4.78, 5) is 20.7. The van der Waals surface area contributed by atoms with Gasteiger partial charge in [-0.1, -0.05) is 29.3 Å². The zero-order valence-corrected chi connectivity index (χ0v) is 11.8. The van der Waals surface area contributed by atoms with Crippen LogP contribution < -0.4 is 0 Å². The van der Waals surface area contributed by atoms with Crippen molar-refractivity contribution in [3.63, 3.8) is 0 Å². The van der Waals surface area contributed by atoms with Crippen LogP contribution in [0.5, 0.6) is 0 Å². The van der Waals surface area contributed by atoms with Crippen LogP contribution in [0.3, 0.4) is 0 Å². The first-order valence-corrected chi connectivity index (χ1v) is 6.80. The Morgan fingerprint density at radius 2 is 2.00 bits per heavy atom. The Balaban J connectivity index is 2.11. The fourth-order valence-electron chi connectivity index (χ4n) is 2.36. The number of halogens is 1. The molecule has 0 spiro atoms. The highest BCUT2D eigenvalue weighted by Gasteiger charge is 2.18. The van der Waals surface area contributed by atoms with Gasteiger partial charge in [-0.25, -0.2) is 4.98 Å². The van der Waals surface area contributed by atoms with Crippen molar-refractivity contribution in [3.8, 4) is 0 Å². The first kappa shape index (κ1) is 13.0. The van der Waals surface area contributed by atoms with Gasteiger partial charge in [0.25, 0.3) is 0 Å². The molecule has 100 valence electrons. The number of ketones is 1. The van der Waals surface area contributed by atoms with Crippen molar-refractivity contribution in [1.82, 2.24) is 4.98 Å². The van der Waals surface area contributed by atoms with Crippen LogP contribution in [0.4, 0.5) is 5.69 Å². The lowest BCUT2D eigenvalue weighted by molar-refractivity contribution is -0.117. The summed E-state index contributed by atoms with van der Waals surface area (Å²) < 4.78 is 0. The van der Waals surface area contributed by atoms with E-state index in [1.165, 1.54) is 0 Å². The van der Waals surface area contributed by atoms with Crippen molar-refractivity contribution >= 4 is 28.8 Å². The van der Waals surface area contributed by atoms with Gasteiger partial charge >= 0.3 is 0 Å². The highest BCUT2D eigenvalue weighted by molar-refractivity contribution is 6.30. The summed E-state index contributed by atoms with van der Waals surface area (Å²) in [5, 5.41) is 0.408. The number of nitrogens with zero attached hydrogens (tertiary/aromatic N) is 2. The molecule has 0 fully saturated rings. The fourth-order valence-corrected chi connectivity index (χ4v) is 2.53. The SMILES string of the molecule is Cc1ccc2c(c1)CC(=O)CC(c1ccnc(Cl)c1)=N2. The van der Waals surface area contributed by atoms with Crippen LogP contribution in [0.2, 0.25) is 5.15 Å². The predicted molar refractivity (Wildman–Crippen MR) is 80.0 cm³/mol. The van der Waals surface area contributed by atoms with E-state index in [9.17, 15) is 4.79 Å². The third-order valence-electron chi connectivity index (χ3n) is 3.30. The second-order valence-corrected chi connectivity index (χ2v) is 5.34. The molecule has 2 heterocycles. The number of aliphatic imine (C=N–C) groups is 1. The van der Waals surface area contributed by atoms with Gasteiger partial charge in [0.15, 0.2) is 0 Å². The molecule has 0 atom stereocenters. The van der Waals surface area contributed by atoms with E-state index in [1.54, 1.807) is 12.3 Å². The van der Waals surface area contributed by atoms with Crippen molar-refractivity contribution in [2.75, 3.05) is 0 Å². The lowest BCUT2D eigenvalue weighted by atomic mass is 10.0. The van der Waals surface area contributed by atoms with Crippen molar-refractivity contribution < 1.29 is 4.79 Å². The predicted octanol–water partition coefficient (Wildman–Crippen LogP) is 3.68. The lowest BCUT2D eigenvalue weighted by Crippen LogP contribution is -2.09. The summed E-state index contributed by atoms with van der Waals surface area (Å²) in [7, 11) is 0. The summed E-state index contributed by atoms with van der Waals surface area (Å²) in [6.45, 7) is 2.02. The number of aromatic nitrogens is 1. The average Bonchev–Trinajstić information content (AvgIpc) is 2.56. The molecule has 20 heavy (non-hydrogen) atoms. The minimum atomic E-state index is 0.168. The fraction of sp³-hybridized carbons (Fsp3) is 0.188. The van der Waals surface area contributed by atoms with E-state index in [1.807, 2.05) is 31.2 Å². The van der Waals surface area contributed by atoms with Gasteiger partial charge in [0.1, 0.15) is 10.9 Å². The quantitative estimate of drug-likeness (QED) is 0.750. The monoisotopic (exact) mass is 284 g/mol. The Hall–Kier alpha value is -2.00. The van der Waals surface area contributed by atoms with Crippen molar-refractivity contribution in [2.24, 2.45) is 4.99 Å². The smallest absolute Gasteiger partial charge is 0.143 e. The molecular formula is C16H13ClN2O. The van der Waals surface area contributed by atoms with Crippen molar-refractivity contribution in [3.05, 3.63) is 58.4 Å². The molecule has 0 aliphatic carbocycles. The zero-order chi connectivity index (χ0) is 14.1. The Bertz CT molecular complexity index is 722. The van der Waals surface area contributed by atoms with Crippen LogP contribution in [-0.2, 0) is 11.2 Å². The van der Waals surface area contributed by atoms with E-state index in [4.69, 9.17) is 11.6 Å². The molecule has 1 aliphatic rings. The Morgan fingerprint density at radius 1 is 1.15 bits per heavy atom. The first-order valence-electron chi connectivity index (χ1n) is 6.42. The minimum absolute atomic E-state index is 0.168. The van der Waals surface area contributed by atoms with E-state index in [-0.39, 0.29) is 5.78 Å². The van der Waals surface area contributed by atoms with Gasteiger partial charge in [0.2, 0.25) is 0 Å². The van der Waals surface area contributed by atoms with Gasteiger partial charge in [-0.15, -0.1) is 0 Å². The number of fused-ring (bicyclic) bond motifs is 1. The molecule has 0 amide bonds. The normalized spacial score (nSPS) is 14.5. The van der Waals surface area contributed by atoms with E-state index < -0.39 is 0 Å². The molecule has 1 aromatic carbocycles. The number of hydrogen-bond donors (Lipinski definition) is 0. The van der Waals surface area contributed by atoms with Crippen molar-refractivity contribution in [2.45, 2.75) is 19.8 Å². The lowest BCUT2D eigenvalue weighted by Gasteiger charge is -2.04. The van der Waals surface area contributed by atoms with Gasteiger partial charge in [-0.3, -0.25) is 9.79 Å². The van der Waals surface area contributed by atoms with Crippen LogP contribution in [-0.4, -0.2) is 16.5 Å². The van der Waals surface area contributed by atoms with E-state index >= 15 is 0 Å². The second kappa shape index (κ2) is 5.17. The third kappa shape index (κ3) is 2.63. The molecule has 0 unspecified atom stereocenters. The van der Waals surface area contributed by atoms with Crippen LogP contribution in [0, 0.1) is 6.92 Å². The Morgan fingerprint density at radius 3 is 2.80 bits per heavy atom. The summed E-state index contributed by atoms with van der Waals surface area (Å²) in [5.41, 5.74) is 4.60. The van der Waals surface area contributed by atoms with Crippen LogP contribution in [0.15, 0.2) is 41.5 Å². The number of hydrogen-bond acceptors (Lipinski definition) is 3. The van der Waals surface area contributed by atoms with Gasteiger partial charge < -0.3 is 0 Å². The molecule has 0 bridgehead atoms. The molecule has 0 radical (unpaired) electrons. The molecule has 1 aliphatic heterocycles. The summed E-state index contributed by atoms with van der Waals surface area (Å²) in [5.74, 6) is 0.168. The maximum atomic E-state index is 12.1. The number of benzene rings is 1. The number of aryl methyl sites for hydroxylation is 1. The summed E-state index contributed by atoms with van der Waals surface area (Å²) in [6.07, 6.45) is 2.39. The number of rotatable bonds is 1. The number of carbonyl (C=O) groups is 1. The molecule has 0 saturated heterocycles.